The van der Waals surface area contributed by atoms with Gasteiger partial charge in [0, 0.05) is 43.8 Å². The molecule has 3 aromatic rings. The molecule has 0 radical (unpaired) electrons. The smallest absolute Gasteiger partial charge is 0.191 e. The molecule has 32 heavy (non-hydrogen) atoms. The molecule has 9 heteroatoms. The van der Waals surface area contributed by atoms with E-state index in [9.17, 15) is 4.39 Å². The van der Waals surface area contributed by atoms with Crippen molar-refractivity contribution in [3.05, 3.63) is 65.5 Å². The lowest BCUT2D eigenvalue weighted by Gasteiger charge is -2.20. The van der Waals surface area contributed by atoms with Crippen LogP contribution < -0.4 is 15.5 Å². The van der Waals surface area contributed by atoms with Crippen LogP contribution >= 0.6 is 0 Å². The predicted molar refractivity (Wildman–Crippen MR) is 124 cm³/mol. The first-order valence-electron chi connectivity index (χ1n) is 10.9. The van der Waals surface area contributed by atoms with Crippen molar-refractivity contribution in [3.63, 3.8) is 0 Å². The third kappa shape index (κ3) is 5.04. The molecule has 0 aliphatic carbocycles. The van der Waals surface area contributed by atoms with Crippen LogP contribution in [0.1, 0.15) is 30.3 Å². The molecule has 0 amide bonds. The quantitative estimate of drug-likeness (QED) is 0.457. The van der Waals surface area contributed by atoms with Crippen molar-refractivity contribution in [2.75, 3.05) is 24.5 Å². The molecule has 1 atom stereocenters. The number of aryl methyl sites for hydroxylation is 2. The molecule has 8 nitrogen and oxygen atoms in total. The van der Waals surface area contributed by atoms with Gasteiger partial charge in [0.1, 0.15) is 0 Å². The Morgan fingerprint density at radius 2 is 2.12 bits per heavy atom. The number of guanidine groups is 1. The molecule has 1 unspecified atom stereocenters. The van der Waals surface area contributed by atoms with Crippen LogP contribution in [-0.4, -0.2) is 51.4 Å². The normalized spacial score (nSPS) is 16.4. The highest BCUT2D eigenvalue weighted by Crippen LogP contribution is 2.20. The molecule has 1 saturated heterocycles. The molecule has 4 heterocycles. The first-order chi connectivity index (χ1) is 15.5. The minimum absolute atomic E-state index is 0.167. The Labute approximate surface area is 187 Å². The SMILES string of the molecule is CCNC(=NCc1ccc(-n2nc(C)cc2C)nc1)NC1CCN(c2ncccc2F)C1. The second-order valence-electron chi connectivity index (χ2n) is 7.94. The fraction of sp³-hybridized carbons (Fsp3) is 0.391. The van der Waals surface area contributed by atoms with E-state index in [0.29, 0.717) is 18.9 Å². The third-order valence-corrected chi connectivity index (χ3v) is 5.37. The van der Waals surface area contributed by atoms with Gasteiger partial charge >= 0.3 is 0 Å². The number of halogens is 1. The van der Waals surface area contributed by atoms with E-state index >= 15 is 0 Å². The van der Waals surface area contributed by atoms with E-state index in [1.807, 2.05) is 54.7 Å². The van der Waals surface area contributed by atoms with Gasteiger partial charge in [0.15, 0.2) is 23.4 Å². The maximum atomic E-state index is 14.0. The molecule has 1 aliphatic rings. The lowest BCUT2D eigenvalue weighted by atomic mass is 10.2. The minimum Gasteiger partial charge on any atom is -0.357 e. The molecule has 3 aromatic heterocycles. The summed E-state index contributed by atoms with van der Waals surface area (Å²) in [6, 6.07) is 9.23. The van der Waals surface area contributed by atoms with E-state index < -0.39 is 0 Å². The number of hydrogen-bond donors (Lipinski definition) is 2. The lowest BCUT2D eigenvalue weighted by Crippen LogP contribution is -2.44. The maximum Gasteiger partial charge on any atom is 0.191 e. The number of rotatable bonds is 6. The van der Waals surface area contributed by atoms with Crippen molar-refractivity contribution in [2.45, 2.75) is 39.8 Å². The van der Waals surface area contributed by atoms with E-state index in [1.165, 1.54) is 6.07 Å². The summed E-state index contributed by atoms with van der Waals surface area (Å²) in [7, 11) is 0. The number of hydrogen-bond acceptors (Lipinski definition) is 5. The first kappa shape index (κ1) is 21.7. The van der Waals surface area contributed by atoms with Crippen molar-refractivity contribution in [2.24, 2.45) is 4.99 Å². The summed E-state index contributed by atoms with van der Waals surface area (Å²) in [6.07, 6.45) is 4.35. The number of aliphatic imine (C=N–C) groups is 1. The number of anilines is 1. The molecular weight excluding hydrogens is 407 g/mol. The Morgan fingerprint density at radius 1 is 1.25 bits per heavy atom. The van der Waals surface area contributed by atoms with Crippen LogP contribution in [0.5, 0.6) is 0 Å². The van der Waals surface area contributed by atoms with Gasteiger partial charge in [-0.05, 0) is 57.0 Å². The van der Waals surface area contributed by atoms with Gasteiger partial charge in [-0.15, -0.1) is 0 Å². The number of nitrogens with zero attached hydrogens (tertiary/aromatic N) is 6. The van der Waals surface area contributed by atoms with Gasteiger partial charge < -0.3 is 15.5 Å². The fourth-order valence-corrected chi connectivity index (χ4v) is 3.86. The topological polar surface area (TPSA) is 83.3 Å². The summed E-state index contributed by atoms with van der Waals surface area (Å²) in [5, 5.41) is 11.2. The summed E-state index contributed by atoms with van der Waals surface area (Å²) < 4.78 is 15.9. The van der Waals surface area contributed by atoms with Crippen molar-refractivity contribution in [1.82, 2.24) is 30.4 Å². The van der Waals surface area contributed by atoms with Crippen molar-refractivity contribution < 1.29 is 4.39 Å². The molecule has 0 spiro atoms. The summed E-state index contributed by atoms with van der Waals surface area (Å²) in [6.45, 7) is 8.71. The number of pyridine rings is 2. The van der Waals surface area contributed by atoms with Gasteiger partial charge in [-0.3, -0.25) is 0 Å². The van der Waals surface area contributed by atoms with Crippen LogP contribution in [0.2, 0.25) is 0 Å². The molecule has 168 valence electrons. The van der Waals surface area contributed by atoms with E-state index in [1.54, 1.807) is 12.3 Å². The number of aromatic nitrogens is 4. The minimum atomic E-state index is -0.287. The Balaban J connectivity index is 1.38. The van der Waals surface area contributed by atoms with Crippen LogP contribution in [0.15, 0.2) is 47.7 Å². The average Bonchev–Trinajstić information content (AvgIpc) is 3.38. The van der Waals surface area contributed by atoms with Crippen molar-refractivity contribution in [3.8, 4) is 5.82 Å². The standard InChI is InChI=1S/C23H29FN8/c1-4-25-23(29-19-9-11-31(15-19)22-20(24)6-5-10-26-22)28-14-18-7-8-21(27-13-18)32-17(3)12-16(2)30-32/h5-8,10,12-13,19H,4,9,11,14-15H2,1-3H3,(H2,25,28,29). The van der Waals surface area contributed by atoms with Gasteiger partial charge in [0.2, 0.25) is 0 Å². The molecule has 0 saturated carbocycles. The molecule has 4 rings (SSSR count). The van der Waals surface area contributed by atoms with E-state index in [0.717, 1.165) is 48.2 Å². The van der Waals surface area contributed by atoms with Gasteiger partial charge in [-0.2, -0.15) is 5.10 Å². The van der Waals surface area contributed by atoms with Crippen LogP contribution in [-0.2, 0) is 6.54 Å². The monoisotopic (exact) mass is 436 g/mol. The average molecular weight is 437 g/mol. The van der Waals surface area contributed by atoms with Crippen molar-refractivity contribution >= 4 is 11.8 Å². The predicted octanol–water partition coefficient (Wildman–Crippen LogP) is 2.75. The summed E-state index contributed by atoms with van der Waals surface area (Å²) in [5.74, 6) is 1.65. The van der Waals surface area contributed by atoms with E-state index in [-0.39, 0.29) is 11.9 Å². The largest absolute Gasteiger partial charge is 0.357 e. The zero-order chi connectivity index (χ0) is 22.5. The Morgan fingerprint density at radius 3 is 2.81 bits per heavy atom. The Bertz CT molecular complexity index is 1080. The van der Waals surface area contributed by atoms with Crippen LogP contribution in [0.25, 0.3) is 5.82 Å². The van der Waals surface area contributed by atoms with Gasteiger partial charge in [-0.25, -0.2) is 24.0 Å². The Kier molecular flexibility index (Phi) is 6.63. The second-order valence-corrected chi connectivity index (χ2v) is 7.94. The van der Waals surface area contributed by atoms with Crippen molar-refractivity contribution in [1.29, 1.82) is 0 Å². The Hall–Kier alpha value is -3.49. The van der Waals surface area contributed by atoms with Crippen LogP contribution in [0, 0.1) is 19.7 Å². The highest BCUT2D eigenvalue weighted by atomic mass is 19.1. The fourth-order valence-electron chi connectivity index (χ4n) is 3.86. The molecule has 1 fully saturated rings. The molecule has 0 aromatic carbocycles. The summed E-state index contributed by atoms with van der Waals surface area (Å²) >= 11 is 0. The maximum absolute atomic E-state index is 14.0. The van der Waals surface area contributed by atoms with E-state index in [4.69, 9.17) is 4.99 Å². The molecule has 1 aliphatic heterocycles. The van der Waals surface area contributed by atoms with Gasteiger partial charge in [0.25, 0.3) is 0 Å². The second kappa shape index (κ2) is 9.76. The summed E-state index contributed by atoms with van der Waals surface area (Å²) in [4.78, 5) is 15.4. The lowest BCUT2D eigenvalue weighted by molar-refractivity contribution is 0.612. The molecule has 0 bridgehead atoms. The summed E-state index contributed by atoms with van der Waals surface area (Å²) in [5.41, 5.74) is 3.03. The highest BCUT2D eigenvalue weighted by molar-refractivity contribution is 5.80. The van der Waals surface area contributed by atoms with Gasteiger partial charge in [0.05, 0.1) is 12.2 Å². The van der Waals surface area contributed by atoms with E-state index in [2.05, 4.69) is 25.7 Å². The van der Waals surface area contributed by atoms with Gasteiger partial charge in [-0.1, -0.05) is 6.07 Å². The third-order valence-electron chi connectivity index (χ3n) is 5.37. The molecule has 2 N–H and O–H groups in total. The number of nitrogens with one attached hydrogen (secondary N) is 2. The highest BCUT2D eigenvalue weighted by Gasteiger charge is 2.25. The van der Waals surface area contributed by atoms with Crippen LogP contribution in [0.3, 0.4) is 0 Å². The molecular formula is C23H29FN8. The first-order valence-corrected chi connectivity index (χ1v) is 10.9. The zero-order valence-electron chi connectivity index (χ0n) is 18.7. The zero-order valence-corrected chi connectivity index (χ0v) is 18.7. The van der Waals surface area contributed by atoms with Crippen LogP contribution in [0.4, 0.5) is 10.2 Å².